The summed E-state index contributed by atoms with van der Waals surface area (Å²) in [5, 5.41) is 14.1. The van der Waals surface area contributed by atoms with E-state index in [9.17, 15) is 5.11 Å². The summed E-state index contributed by atoms with van der Waals surface area (Å²) in [6.07, 6.45) is 5.07. The van der Waals surface area contributed by atoms with Crippen LogP contribution in [0.4, 0.5) is 5.82 Å². The number of hydrazone groups is 1. The zero-order valence-electron chi connectivity index (χ0n) is 13.1. The average Bonchev–Trinajstić information content (AvgIpc) is 2.65. The molecule has 7 heteroatoms. The van der Waals surface area contributed by atoms with Crippen molar-refractivity contribution in [2.45, 2.75) is 0 Å². The van der Waals surface area contributed by atoms with Gasteiger partial charge >= 0.3 is 11.7 Å². The third-order valence-corrected chi connectivity index (χ3v) is 3.75. The molecule has 0 amide bonds. The molecule has 0 spiro atoms. The maximum absolute atomic E-state index is 9.87. The van der Waals surface area contributed by atoms with Crippen molar-refractivity contribution in [1.29, 1.82) is 0 Å². The molecule has 25 heavy (non-hydrogen) atoms. The SMILES string of the molecule is Oc1ccc(Br)cc1C=NNC(=[NH+]c1cccc[nH+]1)c1ccccn1. The molecule has 0 aliphatic carbocycles. The summed E-state index contributed by atoms with van der Waals surface area (Å²) in [5.74, 6) is 1.54. The van der Waals surface area contributed by atoms with Gasteiger partial charge in [0, 0.05) is 22.3 Å². The predicted octanol–water partition coefficient (Wildman–Crippen LogP) is 1.15. The Kier molecular flexibility index (Phi) is 5.48. The molecular weight excluding hydrogens is 382 g/mol. The number of benzene rings is 1. The van der Waals surface area contributed by atoms with Crippen LogP contribution >= 0.6 is 15.9 Å². The Labute approximate surface area is 153 Å². The van der Waals surface area contributed by atoms with Gasteiger partial charge in [0.25, 0.3) is 0 Å². The largest absolute Gasteiger partial charge is 0.507 e. The molecule has 1 aromatic carbocycles. The van der Waals surface area contributed by atoms with Crippen LogP contribution in [0.2, 0.25) is 0 Å². The topological polar surface area (TPSA) is 85.6 Å². The Morgan fingerprint density at radius 1 is 1.20 bits per heavy atom. The van der Waals surface area contributed by atoms with E-state index < -0.39 is 0 Å². The van der Waals surface area contributed by atoms with Crippen LogP contribution in [0.15, 0.2) is 76.6 Å². The lowest BCUT2D eigenvalue weighted by Crippen LogP contribution is -2.72. The maximum Gasteiger partial charge on any atom is 0.384 e. The maximum atomic E-state index is 9.87. The third-order valence-electron chi connectivity index (χ3n) is 3.26. The predicted molar refractivity (Wildman–Crippen MR) is 98.5 cm³/mol. The van der Waals surface area contributed by atoms with Crippen LogP contribution in [0, 0.1) is 0 Å². The second-order valence-electron chi connectivity index (χ2n) is 5.06. The van der Waals surface area contributed by atoms with Crippen molar-refractivity contribution >= 4 is 33.8 Å². The summed E-state index contributed by atoms with van der Waals surface area (Å²) < 4.78 is 0.859. The number of rotatable bonds is 4. The van der Waals surface area contributed by atoms with Crippen LogP contribution in [0.25, 0.3) is 0 Å². The van der Waals surface area contributed by atoms with Crippen molar-refractivity contribution in [3.05, 3.63) is 82.7 Å². The van der Waals surface area contributed by atoms with Gasteiger partial charge in [0.15, 0.2) is 5.69 Å². The number of aromatic nitrogens is 2. The molecule has 0 unspecified atom stereocenters. The second-order valence-corrected chi connectivity index (χ2v) is 5.98. The van der Waals surface area contributed by atoms with Crippen LogP contribution in [0.5, 0.6) is 5.75 Å². The van der Waals surface area contributed by atoms with Gasteiger partial charge in [0.05, 0.1) is 6.21 Å². The fraction of sp³-hybridized carbons (Fsp3) is 0. The molecule has 0 atom stereocenters. The van der Waals surface area contributed by atoms with Crippen LogP contribution in [-0.2, 0) is 0 Å². The van der Waals surface area contributed by atoms with Gasteiger partial charge in [0.1, 0.15) is 11.9 Å². The van der Waals surface area contributed by atoms with E-state index >= 15 is 0 Å². The van der Waals surface area contributed by atoms with Crippen molar-refractivity contribution in [3.8, 4) is 5.75 Å². The number of H-pyrrole nitrogens is 1. The second kappa shape index (κ2) is 8.16. The molecule has 0 saturated carbocycles. The lowest BCUT2D eigenvalue weighted by Gasteiger charge is -1.98. The quantitative estimate of drug-likeness (QED) is 0.350. The summed E-state index contributed by atoms with van der Waals surface area (Å²) in [4.78, 5) is 10.6. The standard InChI is InChI=1S/C18H14BrN5O/c19-14-7-8-16(25)13(11-14)12-22-24-18(15-5-1-3-9-20-15)23-17-6-2-4-10-21-17/h1-12,25H,(H,21,23,24)/p+2. The van der Waals surface area contributed by atoms with Crippen molar-refractivity contribution < 1.29 is 15.1 Å². The molecule has 0 aliphatic rings. The monoisotopic (exact) mass is 397 g/mol. The minimum Gasteiger partial charge on any atom is -0.507 e. The molecule has 0 fully saturated rings. The summed E-state index contributed by atoms with van der Waals surface area (Å²) in [7, 11) is 0. The fourth-order valence-corrected chi connectivity index (χ4v) is 2.44. The van der Waals surface area contributed by atoms with Crippen molar-refractivity contribution in [2.75, 3.05) is 0 Å². The van der Waals surface area contributed by atoms with E-state index in [1.807, 2.05) is 42.6 Å². The zero-order valence-corrected chi connectivity index (χ0v) is 14.7. The van der Waals surface area contributed by atoms with Gasteiger partial charge in [-0.25, -0.2) is 9.97 Å². The van der Waals surface area contributed by atoms with Gasteiger partial charge in [0.2, 0.25) is 0 Å². The summed E-state index contributed by atoms with van der Waals surface area (Å²) >= 11 is 3.37. The number of aromatic hydroxyl groups is 1. The molecule has 2 aromatic heterocycles. The molecule has 0 bridgehead atoms. The molecule has 124 valence electrons. The molecule has 2 heterocycles. The Bertz CT molecular complexity index is 898. The first-order valence-corrected chi connectivity index (χ1v) is 8.31. The van der Waals surface area contributed by atoms with E-state index in [4.69, 9.17) is 0 Å². The van der Waals surface area contributed by atoms with E-state index in [0.717, 1.165) is 10.3 Å². The first kappa shape index (κ1) is 16.8. The highest BCUT2D eigenvalue weighted by molar-refractivity contribution is 9.10. The Morgan fingerprint density at radius 2 is 2.08 bits per heavy atom. The van der Waals surface area contributed by atoms with Crippen LogP contribution < -0.4 is 15.4 Å². The zero-order chi connectivity index (χ0) is 17.5. The Balaban J connectivity index is 1.87. The van der Waals surface area contributed by atoms with E-state index in [1.165, 1.54) is 0 Å². The highest BCUT2D eigenvalue weighted by Crippen LogP contribution is 2.19. The average molecular weight is 398 g/mol. The normalized spacial score (nSPS) is 11.6. The summed E-state index contributed by atoms with van der Waals surface area (Å²) in [6, 6.07) is 16.5. The van der Waals surface area contributed by atoms with Gasteiger partial charge in [-0.2, -0.15) is 4.99 Å². The summed E-state index contributed by atoms with van der Waals surface area (Å²) in [5.41, 5.74) is 4.24. The number of halogens is 1. The molecule has 0 radical (unpaired) electrons. The molecule has 3 aromatic rings. The lowest BCUT2D eigenvalue weighted by molar-refractivity contribution is -0.517. The van der Waals surface area contributed by atoms with Gasteiger partial charge in [-0.3, -0.25) is 0 Å². The van der Waals surface area contributed by atoms with Crippen molar-refractivity contribution in [3.63, 3.8) is 0 Å². The van der Waals surface area contributed by atoms with Crippen LogP contribution in [0.3, 0.4) is 0 Å². The number of pyridine rings is 2. The molecule has 3 rings (SSSR count). The Hall–Kier alpha value is -3.06. The first-order chi connectivity index (χ1) is 12.2. The Morgan fingerprint density at radius 3 is 2.84 bits per heavy atom. The molecule has 0 aliphatic heterocycles. The van der Waals surface area contributed by atoms with E-state index in [0.29, 0.717) is 17.1 Å². The number of phenols is 1. The lowest BCUT2D eigenvalue weighted by atomic mass is 10.2. The van der Waals surface area contributed by atoms with Gasteiger partial charge in [-0.1, -0.05) is 27.1 Å². The van der Waals surface area contributed by atoms with Gasteiger partial charge in [-0.05, 0) is 42.5 Å². The smallest absolute Gasteiger partial charge is 0.384 e. The number of phenolic OH excluding ortho intramolecular Hbond substituents is 1. The fourth-order valence-electron chi connectivity index (χ4n) is 2.06. The van der Waals surface area contributed by atoms with Gasteiger partial charge in [-0.15, -0.1) is 5.43 Å². The highest BCUT2D eigenvalue weighted by atomic mass is 79.9. The number of nitrogens with zero attached hydrogens (tertiary/aromatic N) is 2. The van der Waals surface area contributed by atoms with Gasteiger partial charge < -0.3 is 5.11 Å². The number of aromatic amines is 1. The van der Waals surface area contributed by atoms with Crippen molar-refractivity contribution in [2.24, 2.45) is 5.10 Å². The molecule has 6 nitrogen and oxygen atoms in total. The third kappa shape index (κ3) is 4.71. The van der Waals surface area contributed by atoms with E-state index in [1.54, 1.807) is 30.6 Å². The van der Waals surface area contributed by atoms with E-state index in [2.05, 4.69) is 41.4 Å². The molecule has 0 saturated heterocycles. The number of hydrogen-bond donors (Lipinski definition) is 3. The molecule has 4 N–H and O–H groups in total. The van der Waals surface area contributed by atoms with Crippen LogP contribution in [-0.4, -0.2) is 22.1 Å². The number of hydrogen-bond acceptors (Lipinski definition) is 3. The molecular formula is C18H16BrN5O+2. The highest BCUT2D eigenvalue weighted by Gasteiger charge is 2.15. The minimum absolute atomic E-state index is 0.150. The summed E-state index contributed by atoms with van der Waals surface area (Å²) in [6.45, 7) is 0. The van der Waals surface area contributed by atoms with E-state index in [-0.39, 0.29) is 5.75 Å². The number of amidine groups is 1. The first-order valence-electron chi connectivity index (χ1n) is 7.52. The van der Waals surface area contributed by atoms with Crippen LogP contribution in [0.1, 0.15) is 11.3 Å². The minimum atomic E-state index is 0.150. The van der Waals surface area contributed by atoms with Crippen molar-refractivity contribution in [1.82, 2.24) is 10.4 Å². The number of nitrogens with one attached hydrogen (secondary N) is 3.